The SMILES string of the molecule is CN(C)c1ccc(C(=O)/C=C/c2c(O)ccc3ccccc23)cc1. The van der Waals surface area contributed by atoms with E-state index in [4.69, 9.17) is 0 Å². The molecule has 0 bridgehead atoms. The summed E-state index contributed by atoms with van der Waals surface area (Å²) >= 11 is 0. The van der Waals surface area contributed by atoms with Gasteiger partial charge >= 0.3 is 0 Å². The number of nitrogens with zero attached hydrogens (tertiary/aromatic N) is 1. The van der Waals surface area contributed by atoms with Crippen LogP contribution in [-0.4, -0.2) is 25.0 Å². The summed E-state index contributed by atoms with van der Waals surface area (Å²) in [6, 6.07) is 18.7. The maximum atomic E-state index is 12.4. The molecule has 0 spiro atoms. The summed E-state index contributed by atoms with van der Waals surface area (Å²) in [5.41, 5.74) is 2.32. The number of allylic oxidation sites excluding steroid dienone is 1. The Morgan fingerprint density at radius 2 is 1.67 bits per heavy atom. The number of ketones is 1. The first-order chi connectivity index (χ1) is 11.6. The van der Waals surface area contributed by atoms with Gasteiger partial charge in [-0.05, 0) is 53.3 Å². The highest BCUT2D eigenvalue weighted by atomic mass is 16.3. The lowest BCUT2D eigenvalue weighted by Crippen LogP contribution is -2.08. The van der Waals surface area contributed by atoms with Crippen molar-refractivity contribution >= 4 is 28.3 Å². The van der Waals surface area contributed by atoms with E-state index in [-0.39, 0.29) is 11.5 Å². The van der Waals surface area contributed by atoms with Gasteiger partial charge in [-0.2, -0.15) is 0 Å². The number of phenols is 1. The largest absolute Gasteiger partial charge is 0.507 e. The Balaban J connectivity index is 1.90. The second-order valence-electron chi connectivity index (χ2n) is 5.86. The summed E-state index contributed by atoms with van der Waals surface area (Å²) in [7, 11) is 3.92. The molecule has 0 aliphatic rings. The van der Waals surface area contributed by atoms with Gasteiger partial charge in [0.15, 0.2) is 5.78 Å². The summed E-state index contributed by atoms with van der Waals surface area (Å²) in [6.45, 7) is 0. The molecule has 24 heavy (non-hydrogen) atoms. The number of aromatic hydroxyl groups is 1. The predicted octanol–water partition coefficient (Wildman–Crippen LogP) is 4.51. The van der Waals surface area contributed by atoms with Gasteiger partial charge in [-0.3, -0.25) is 4.79 Å². The monoisotopic (exact) mass is 317 g/mol. The van der Waals surface area contributed by atoms with Crippen molar-refractivity contribution in [2.24, 2.45) is 0 Å². The average molecular weight is 317 g/mol. The fourth-order valence-corrected chi connectivity index (χ4v) is 2.64. The minimum Gasteiger partial charge on any atom is -0.507 e. The van der Waals surface area contributed by atoms with Crippen LogP contribution < -0.4 is 4.90 Å². The van der Waals surface area contributed by atoms with Crippen molar-refractivity contribution in [2.45, 2.75) is 0 Å². The molecule has 0 aliphatic heterocycles. The Labute approximate surface area is 141 Å². The first kappa shape index (κ1) is 15.8. The predicted molar refractivity (Wildman–Crippen MR) is 99.7 cm³/mol. The van der Waals surface area contributed by atoms with Crippen molar-refractivity contribution in [3.63, 3.8) is 0 Å². The maximum Gasteiger partial charge on any atom is 0.185 e. The molecule has 0 saturated carbocycles. The molecule has 0 saturated heterocycles. The Bertz CT molecular complexity index is 909. The Morgan fingerprint density at radius 3 is 2.38 bits per heavy atom. The van der Waals surface area contributed by atoms with Crippen molar-refractivity contribution in [2.75, 3.05) is 19.0 Å². The topological polar surface area (TPSA) is 40.5 Å². The molecular formula is C21H19NO2. The molecule has 120 valence electrons. The van der Waals surface area contributed by atoms with E-state index < -0.39 is 0 Å². The number of carbonyl (C=O) groups is 1. The number of rotatable bonds is 4. The van der Waals surface area contributed by atoms with E-state index in [0.29, 0.717) is 11.1 Å². The highest BCUT2D eigenvalue weighted by Gasteiger charge is 2.06. The third kappa shape index (κ3) is 3.15. The van der Waals surface area contributed by atoms with Crippen LogP contribution in [0.4, 0.5) is 5.69 Å². The number of hydrogen-bond acceptors (Lipinski definition) is 3. The Hall–Kier alpha value is -3.07. The summed E-state index contributed by atoms with van der Waals surface area (Å²) < 4.78 is 0. The molecule has 3 aromatic rings. The minimum atomic E-state index is -0.0901. The van der Waals surface area contributed by atoms with E-state index in [2.05, 4.69) is 0 Å². The zero-order valence-corrected chi connectivity index (χ0v) is 13.7. The van der Waals surface area contributed by atoms with E-state index >= 15 is 0 Å². The highest BCUT2D eigenvalue weighted by molar-refractivity contribution is 6.08. The fraction of sp³-hybridized carbons (Fsp3) is 0.0952. The van der Waals surface area contributed by atoms with Gasteiger partial charge in [-0.15, -0.1) is 0 Å². The molecule has 0 heterocycles. The molecule has 3 aromatic carbocycles. The normalized spacial score (nSPS) is 11.1. The number of phenolic OH excluding ortho intramolecular Hbond substituents is 1. The average Bonchev–Trinajstić information content (AvgIpc) is 2.60. The molecule has 0 fully saturated rings. The highest BCUT2D eigenvalue weighted by Crippen LogP contribution is 2.28. The van der Waals surface area contributed by atoms with Gasteiger partial charge in [0.25, 0.3) is 0 Å². The molecule has 0 unspecified atom stereocenters. The van der Waals surface area contributed by atoms with Gasteiger partial charge in [-0.25, -0.2) is 0 Å². The van der Waals surface area contributed by atoms with Crippen LogP contribution in [0, 0.1) is 0 Å². The van der Waals surface area contributed by atoms with Crippen LogP contribution in [0.3, 0.4) is 0 Å². The first-order valence-corrected chi connectivity index (χ1v) is 7.77. The smallest absolute Gasteiger partial charge is 0.185 e. The van der Waals surface area contributed by atoms with Crippen molar-refractivity contribution < 1.29 is 9.90 Å². The number of anilines is 1. The van der Waals surface area contributed by atoms with Crippen LogP contribution in [0.15, 0.2) is 66.7 Å². The zero-order chi connectivity index (χ0) is 17.1. The van der Waals surface area contributed by atoms with Gasteiger partial charge in [0, 0.05) is 30.9 Å². The Morgan fingerprint density at radius 1 is 0.958 bits per heavy atom. The Kier molecular flexibility index (Phi) is 4.34. The molecule has 3 nitrogen and oxygen atoms in total. The summed E-state index contributed by atoms with van der Waals surface area (Å²) in [6.07, 6.45) is 3.19. The number of benzene rings is 3. The van der Waals surface area contributed by atoms with E-state index in [1.165, 1.54) is 6.08 Å². The van der Waals surface area contributed by atoms with E-state index in [0.717, 1.165) is 16.5 Å². The second-order valence-corrected chi connectivity index (χ2v) is 5.86. The van der Waals surface area contributed by atoms with E-state index in [1.807, 2.05) is 73.6 Å². The summed E-state index contributed by atoms with van der Waals surface area (Å²) in [5.74, 6) is 0.0772. The van der Waals surface area contributed by atoms with Crippen LogP contribution in [0.1, 0.15) is 15.9 Å². The van der Waals surface area contributed by atoms with Gasteiger partial charge in [0.1, 0.15) is 5.75 Å². The lowest BCUT2D eigenvalue weighted by atomic mass is 10.0. The molecule has 0 aliphatic carbocycles. The van der Waals surface area contributed by atoms with E-state index in [9.17, 15) is 9.90 Å². The van der Waals surface area contributed by atoms with Crippen molar-refractivity contribution in [3.05, 3.63) is 77.9 Å². The molecule has 3 heteroatoms. The third-order valence-corrected chi connectivity index (χ3v) is 4.02. The van der Waals surface area contributed by atoms with E-state index in [1.54, 1.807) is 12.1 Å². The van der Waals surface area contributed by atoms with Crippen LogP contribution in [0.2, 0.25) is 0 Å². The maximum absolute atomic E-state index is 12.4. The first-order valence-electron chi connectivity index (χ1n) is 7.77. The van der Waals surface area contributed by atoms with Crippen molar-refractivity contribution in [1.82, 2.24) is 0 Å². The van der Waals surface area contributed by atoms with Crippen LogP contribution in [-0.2, 0) is 0 Å². The number of carbonyl (C=O) groups excluding carboxylic acids is 1. The number of hydrogen-bond donors (Lipinski definition) is 1. The third-order valence-electron chi connectivity index (χ3n) is 4.02. The summed E-state index contributed by atoms with van der Waals surface area (Å²) in [5, 5.41) is 12.1. The molecule has 1 N–H and O–H groups in total. The zero-order valence-electron chi connectivity index (χ0n) is 13.7. The van der Waals surface area contributed by atoms with Gasteiger partial charge < -0.3 is 10.0 Å². The molecular weight excluding hydrogens is 298 g/mol. The second kappa shape index (κ2) is 6.59. The molecule has 0 amide bonds. The molecule has 0 atom stereocenters. The van der Waals surface area contributed by atoms with Crippen LogP contribution in [0.25, 0.3) is 16.8 Å². The lowest BCUT2D eigenvalue weighted by molar-refractivity contribution is 0.104. The minimum absolute atomic E-state index is 0.0901. The quantitative estimate of drug-likeness (QED) is 0.568. The van der Waals surface area contributed by atoms with Gasteiger partial charge in [0.2, 0.25) is 0 Å². The standard InChI is InChI=1S/C21H19NO2/c1-22(2)17-10-7-16(8-11-17)20(23)14-12-19-18-6-4-3-5-15(18)9-13-21(19)24/h3-14,24H,1-2H3/b14-12+. The fourth-order valence-electron chi connectivity index (χ4n) is 2.64. The van der Waals surface area contributed by atoms with Gasteiger partial charge in [0.05, 0.1) is 0 Å². The lowest BCUT2D eigenvalue weighted by Gasteiger charge is -2.11. The van der Waals surface area contributed by atoms with Crippen molar-refractivity contribution in [3.8, 4) is 5.75 Å². The van der Waals surface area contributed by atoms with Crippen molar-refractivity contribution in [1.29, 1.82) is 0 Å². The molecule has 0 radical (unpaired) electrons. The van der Waals surface area contributed by atoms with Crippen LogP contribution >= 0.6 is 0 Å². The van der Waals surface area contributed by atoms with Crippen LogP contribution in [0.5, 0.6) is 5.75 Å². The molecule has 0 aromatic heterocycles. The van der Waals surface area contributed by atoms with Gasteiger partial charge in [-0.1, -0.05) is 30.3 Å². The summed E-state index contributed by atoms with van der Waals surface area (Å²) in [4.78, 5) is 14.3. The number of fused-ring (bicyclic) bond motifs is 1. The molecule has 3 rings (SSSR count).